The first-order valence-corrected chi connectivity index (χ1v) is 10.1. The summed E-state index contributed by atoms with van der Waals surface area (Å²) in [7, 11) is 2.72. The van der Waals surface area contributed by atoms with Crippen LogP contribution in [0.3, 0.4) is 0 Å². The van der Waals surface area contributed by atoms with Gasteiger partial charge in [0.05, 0.1) is 20.2 Å². The van der Waals surface area contributed by atoms with Crippen LogP contribution in [0.2, 0.25) is 0 Å². The fourth-order valence-corrected chi connectivity index (χ4v) is 2.74. The fraction of sp³-hybridized carbons (Fsp3) is 0.250. The molecule has 172 valence electrons. The Morgan fingerprint density at radius 3 is 2.21 bits per heavy atom. The zero-order chi connectivity index (χ0) is 24.2. The molecule has 0 aliphatic carbocycles. The van der Waals surface area contributed by atoms with Gasteiger partial charge in [0.2, 0.25) is 11.8 Å². The lowest BCUT2D eigenvalue weighted by Gasteiger charge is -2.18. The monoisotopic (exact) mass is 449 g/mol. The number of amides is 2. The maximum absolute atomic E-state index is 12.2. The molecule has 0 radical (unpaired) electrons. The number of rotatable bonds is 8. The number of esters is 1. The number of carbonyl (C=O) groups is 3. The number of hydrogen-bond donors (Lipinski definition) is 4. The van der Waals surface area contributed by atoms with Crippen molar-refractivity contribution in [2.45, 2.75) is 12.5 Å². The summed E-state index contributed by atoms with van der Waals surface area (Å²) in [5.41, 5.74) is 7.81. The number of nitrogens with one attached hydrogen (secondary N) is 3. The van der Waals surface area contributed by atoms with Crippen molar-refractivity contribution in [1.82, 2.24) is 15.5 Å². The van der Waals surface area contributed by atoms with Crippen LogP contribution < -0.4 is 16.4 Å². The minimum Gasteiger partial charge on any atom is -0.467 e. The van der Waals surface area contributed by atoms with Crippen LogP contribution in [0.1, 0.15) is 16.7 Å². The first-order valence-electron chi connectivity index (χ1n) is 10.1. The lowest BCUT2D eigenvalue weighted by molar-refractivity contribution is -0.145. The Kier molecular flexibility index (Phi) is 9.46. The van der Waals surface area contributed by atoms with E-state index in [0.717, 1.165) is 16.7 Å². The summed E-state index contributed by atoms with van der Waals surface area (Å²) in [5, 5.41) is 12.2. The van der Waals surface area contributed by atoms with E-state index in [4.69, 9.17) is 15.9 Å². The van der Waals surface area contributed by atoms with Gasteiger partial charge in [0.1, 0.15) is 6.04 Å². The molecular weight excluding hydrogens is 422 g/mol. The molecule has 5 N–H and O–H groups in total. The summed E-state index contributed by atoms with van der Waals surface area (Å²) < 4.78 is 4.79. The Balaban J connectivity index is 1.94. The highest BCUT2D eigenvalue weighted by Gasteiger charge is 2.22. The van der Waals surface area contributed by atoms with Crippen molar-refractivity contribution in [3.05, 3.63) is 71.3 Å². The molecule has 2 aromatic carbocycles. The van der Waals surface area contributed by atoms with Crippen molar-refractivity contribution in [3.63, 3.8) is 0 Å². The summed E-state index contributed by atoms with van der Waals surface area (Å²) >= 11 is 0. The van der Waals surface area contributed by atoms with Gasteiger partial charge in [-0.25, -0.2) is 4.79 Å². The maximum Gasteiger partial charge on any atom is 0.328 e. The Bertz CT molecular complexity index is 1040. The Morgan fingerprint density at radius 1 is 1.03 bits per heavy atom. The molecule has 0 aliphatic heterocycles. The van der Waals surface area contributed by atoms with Gasteiger partial charge in [-0.2, -0.15) is 0 Å². The van der Waals surface area contributed by atoms with E-state index in [0.29, 0.717) is 0 Å². The molecule has 0 bridgehead atoms. The van der Waals surface area contributed by atoms with Gasteiger partial charge in [-0.15, -0.1) is 0 Å². The zero-order valence-corrected chi connectivity index (χ0v) is 18.6. The molecule has 0 saturated carbocycles. The molecule has 2 aromatic rings. The van der Waals surface area contributed by atoms with Gasteiger partial charge in [-0.3, -0.25) is 15.0 Å². The number of nitrogens with two attached hydrogens (primary N) is 1. The number of benzene rings is 2. The first-order chi connectivity index (χ1) is 15.8. The van der Waals surface area contributed by atoms with Crippen LogP contribution in [-0.4, -0.2) is 61.9 Å². The lowest BCUT2D eigenvalue weighted by atomic mass is 10.0. The minimum atomic E-state index is -0.916. The summed E-state index contributed by atoms with van der Waals surface area (Å²) in [6.45, 7) is -0.491. The van der Waals surface area contributed by atoms with E-state index >= 15 is 0 Å². The average Bonchev–Trinajstić information content (AvgIpc) is 2.82. The van der Waals surface area contributed by atoms with E-state index in [2.05, 4.69) is 22.5 Å². The highest BCUT2D eigenvalue weighted by atomic mass is 16.5. The van der Waals surface area contributed by atoms with Gasteiger partial charge in [0.15, 0.2) is 5.96 Å². The SMILES string of the molecule is COC(=O)[C@H](Cc1ccc(C#Cc2ccccc2)cc1)NC(=O)CNC(=O)CN(C)C(=N)N. The summed E-state index contributed by atoms with van der Waals surface area (Å²) in [6, 6.07) is 16.0. The molecule has 0 heterocycles. The fourth-order valence-electron chi connectivity index (χ4n) is 2.74. The van der Waals surface area contributed by atoms with Gasteiger partial charge in [-0.05, 0) is 29.8 Å². The van der Waals surface area contributed by atoms with Crippen LogP contribution in [0.25, 0.3) is 0 Å². The third-order valence-corrected chi connectivity index (χ3v) is 4.58. The topological polar surface area (TPSA) is 138 Å². The Morgan fingerprint density at radius 2 is 1.64 bits per heavy atom. The second-order valence-electron chi connectivity index (χ2n) is 7.18. The van der Waals surface area contributed by atoms with Gasteiger partial charge >= 0.3 is 5.97 Å². The maximum atomic E-state index is 12.2. The molecular formula is C24H27N5O4. The van der Waals surface area contributed by atoms with Crippen LogP contribution in [-0.2, 0) is 25.5 Å². The second-order valence-corrected chi connectivity index (χ2v) is 7.18. The highest BCUT2D eigenvalue weighted by Crippen LogP contribution is 2.08. The molecule has 0 aliphatic rings. The minimum absolute atomic E-state index is 0.164. The number of guanidine groups is 1. The van der Waals surface area contributed by atoms with Gasteiger partial charge in [-0.1, -0.05) is 42.2 Å². The summed E-state index contributed by atoms with van der Waals surface area (Å²) in [4.78, 5) is 37.4. The average molecular weight is 450 g/mol. The number of nitrogens with zero attached hydrogens (tertiary/aromatic N) is 1. The van der Waals surface area contributed by atoms with Crippen LogP contribution in [0, 0.1) is 17.3 Å². The van der Waals surface area contributed by atoms with Crippen molar-refractivity contribution in [2.24, 2.45) is 5.73 Å². The van der Waals surface area contributed by atoms with Gasteiger partial charge in [0, 0.05) is 24.6 Å². The Hall–Kier alpha value is -4.32. The predicted molar refractivity (Wildman–Crippen MR) is 124 cm³/mol. The smallest absolute Gasteiger partial charge is 0.328 e. The molecule has 9 heteroatoms. The molecule has 2 amide bonds. The van der Waals surface area contributed by atoms with Crippen molar-refractivity contribution in [1.29, 1.82) is 5.41 Å². The number of carbonyl (C=O) groups excluding carboxylic acids is 3. The molecule has 0 fully saturated rings. The molecule has 9 nitrogen and oxygen atoms in total. The number of likely N-dealkylation sites (N-methyl/N-ethyl adjacent to an activating group) is 1. The standard InChI is InChI=1S/C24H27N5O4/c1-29(24(25)26)16-22(31)27-15-21(30)28-20(23(32)33-2)14-19-12-10-18(11-13-19)9-8-17-6-4-3-5-7-17/h3-7,10-13,20H,14-16H2,1-2H3,(H3,25,26)(H,27,31)(H,28,30)/t20-/m0/s1. The number of ether oxygens (including phenoxy) is 1. The van der Waals surface area contributed by atoms with Gasteiger partial charge < -0.3 is 26.0 Å². The molecule has 2 rings (SSSR count). The highest BCUT2D eigenvalue weighted by molar-refractivity contribution is 5.90. The molecule has 1 atom stereocenters. The Labute approximate surface area is 192 Å². The molecule has 33 heavy (non-hydrogen) atoms. The summed E-state index contributed by atoms with van der Waals surface area (Å²) in [6.07, 6.45) is 0.214. The summed E-state index contributed by atoms with van der Waals surface area (Å²) in [5.74, 6) is 4.26. The lowest BCUT2D eigenvalue weighted by Crippen LogP contribution is -2.48. The third kappa shape index (κ3) is 8.75. The van der Waals surface area contributed by atoms with Crippen molar-refractivity contribution < 1.29 is 19.1 Å². The van der Waals surface area contributed by atoms with E-state index in [1.165, 1.54) is 19.1 Å². The predicted octanol–water partition coefficient (Wildman–Crippen LogP) is 0.228. The van der Waals surface area contributed by atoms with Crippen molar-refractivity contribution >= 4 is 23.7 Å². The van der Waals surface area contributed by atoms with E-state index < -0.39 is 23.8 Å². The number of hydrogen-bond acceptors (Lipinski definition) is 5. The van der Waals surface area contributed by atoms with E-state index in [1.54, 1.807) is 0 Å². The third-order valence-electron chi connectivity index (χ3n) is 4.58. The molecule has 0 aromatic heterocycles. The molecule has 0 unspecified atom stereocenters. The van der Waals surface area contributed by atoms with Gasteiger partial charge in [0.25, 0.3) is 0 Å². The van der Waals surface area contributed by atoms with Crippen molar-refractivity contribution in [3.8, 4) is 11.8 Å². The zero-order valence-electron chi connectivity index (χ0n) is 18.6. The quantitative estimate of drug-likeness (QED) is 0.197. The number of methoxy groups -OCH3 is 1. The van der Waals surface area contributed by atoms with Crippen molar-refractivity contribution in [2.75, 3.05) is 27.2 Å². The van der Waals surface area contributed by atoms with E-state index in [1.807, 2.05) is 54.6 Å². The van der Waals surface area contributed by atoms with Crippen LogP contribution >= 0.6 is 0 Å². The molecule has 0 saturated heterocycles. The van der Waals surface area contributed by atoms with Crippen LogP contribution in [0.5, 0.6) is 0 Å². The molecule has 0 spiro atoms. The van der Waals surface area contributed by atoms with E-state index in [-0.39, 0.29) is 25.5 Å². The first kappa shape index (κ1) is 24.9. The largest absolute Gasteiger partial charge is 0.467 e. The van der Waals surface area contributed by atoms with E-state index in [9.17, 15) is 14.4 Å². The second kappa shape index (κ2) is 12.5. The van der Waals surface area contributed by atoms with Crippen LogP contribution in [0.15, 0.2) is 54.6 Å². The normalized spacial score (nSPS) is 10.7. The van der Waals surface area contributed by atoms with Crippen LogP contribution in [0.4, 0.5) is 0 Å².